The van der Waals surface area contributed by atoms with Crippen LogP contribution in [-0.4, -0.2) is 18.7 Å². The molecule has 1 aromatic heterocycles. The third kappa shape index (κ3) is 2.64. The Labute approximate surface area is 135 Å². The average molecular weight is 324 g/mol. The van der Waals surface area contributed by atoms with Gasteiger partial charge in [-0.1, -0.05) is 54.6 Å². The van der Waals surface area contributed by atoms with Crippen LogP contribution in [0.25, 0.3) is 22.3 Å². The Balaban J connectivity index is 1.72. The monoisotopic (exact) mass is 324 g/mol. The molecule has 2 aromatic carbocycles. The van der Waals surface area contributed by atoms with E-state index in [9.17, 15) is 8.42 Å². The molecule has 1 aliphatic rings. The van der Waals surface area contributed by atoms with Crippen molar-refractivity contribution in [1.29, 1.82) is 0 Å². The SMILES string of the molecule is O=S1(=O)CCn2ccc(-c3ccc(-c4ccccc4)cc3)c2N1. The molecular formula is C18H16N2O2S. The average Bonchev–Trinajstić information content (AvgIpc) is 2.97. The highest BCUT2D eigenvalue weighted by molar-refractivity contribution is 7.92. The Kier molecular flexibility index (Phi) is 3.23. The molecule has 5 heteroatoms. The zero-order valence-electron chi connectivity index (χ0n) is 12.4. The number of nitrogens with zero attached hydrogens (tertiary/aromatic N) is 1. The predicted molar refractivity (Wildman–Crippen MR) is 92.7 cm³/mol. The fourth-order valence-electron chi connectivity index (χ4n) is 2.90. The Bertz CT molecular complexity index is 942. The first-order valence-corrected chi connectivity index (χ1v) is 9.13. The van der Waals surface area contributed by atoms with Crippen LogP contribution in [-0.2, 0) is 16.6 Å². The number of hydrogen-bond donors (Lipinski definition) is 1. The zero-order chi connectivity index (χ0) is 15.9. The second kappa shape index (κ2) is 5.28. The van der Waals surface area contributed by atoms with Crippen LogP contribution < -0.4 is 4.72 Å². The highest BCUT2D eigenvalue weighted by atomic mass is 32.2. The molecule has 0 bridgehead atoms. The van der Waals surface area contributed by atoms with Gasteiger partial charge in [-0.15, -0.1) is 0 Å². The number of benzene rings is 2. The van der Waals surface area contributed by atoms with Crippen LogP contribution in [0.3, 0.4) is 0 Å². The van der Waals surface area contributed by atoms with Gasteiger partial charge in [-0.3, -0.25) is 4.72 Å². The molecule has 0 spiro atoms. The Morgan fingerprint density at radius 1 is 0.826 bits per heavy atom. The van der Waals surface area contributed by atoms with Crippen LogP contribution in [0, 0.1) is 0 Å². The van der Waals surface area contributed by atoms with Crippen molar-refractivity contribution in [3.05, 3.63) is 66.9 Å². The summed E-state index contributed by atoms with van der Waals surface area (Å²) in [6.45, 7) is 0.493. The summed E-state index contributed by atoms with van der Waals surface area (Å²) in [5.74, 6) is 0.782. The van der Waals surface area contributed by atoms with Crippen molar-refractivity contribution in [2.24, 2.45) is 0 Å². The molecule has 4 nitrogen and oxygen atoms in total. The molecule has 0 aliphatic carbocycles. The van der Waals surface area contributed by atoms with E-state index in [1.54, 1.807) is 0 Å². The van der Waals surface area contributed by atoms with Crippen LogP contribution in [0.1, 0.15) is 0 Å². The van der Waals surface area contributed by atoms with Crippen LogP contribution >= 0.6 is 0 Å². The molecule has 0 unspecified atom stereocenters. The van der Waals surface area contributed by atoms with Gasteiger partial charge in [-0.25, -0.2) is 8.42 Å². The number of hydrogen-bond acceptors (Lipinski definition) is 2. The summed E-state index contributed by atoms with van der Waals surface area (Å²) in [7, 11) is -3.22. The van der Waals surface area contributed by atoms with Crippen molar-refractivity contribution in [2.75, 3.05) is 10.5 Å². The number of fused-ring (bicyclic) bond motifs is 1. The minimum atomic E-state index is -3.22. The molecule has 4 rings (SSSR count). The topological polar surface area (TPSA) is 51.1 Å². The van der Waals surface area contributed by atoms with E-state index < -0.39 is 10.0 Å². The molecule has 2 heterocycles. The number of rotatable bonds is 2. The van der Waals surface area contributed by atoms with Gasteiger partial charge in [0.15, 0.2) is 0 Å². The standard InChI is InChI=1S/C18H16N2O2S/c21-23(22)13-12-20-11-10-17(18(20)19-23)16-8-6-15(7-9-16)14-4-2-1-3-5-14/h1-11,19H,12-13H2. The second-order valence-corrected chi connectivity index (χ2v) is 7.48. The number of aryl methyl sites for hydroxylation is 1. The maximum absolute atomic E-state index is 11.8. The Morgan fingerprint density at radius 3 is 2.22 bits per heavy atom. The number of anilines is 1. The maximum Gasteiger partial charge on any atom is 0.235 e. The lowest BCUT2D eigenvalue weighted by Crippen LogP contribution is -2.27. The van der Waals surface area contributed by atoms with Gasteiger partial charge in [0.1, 0.15) is 5.82 Å². The van der Waals surface area contributed by atoms with E-state index in [0.29, 0.717) is 12.4 Å². The van der Waals surface area contributed by atoms with E-state index in [2.05, 4.69) is 29.0 Å². The van der Waals surface area contributed by atoms with E-state index in [4.69, 9.17) is 0 Å². The zero-order valence-corrected chi connectivity index (χ0v) is 13.3. The fourth-order valence-corrected chi connectivity index (χ4v) is 3.96. The maximum atomic E-state index is 11.8. The fraction of sp³-hybridized carbons (Fsp3) is 0.111. The smallest absolute Gasteiger partial charge is 0.235 e. The van der Waals surface area contributed by atoms with Crippen LogP contribution in [0.2, 0.25) is 0 Å². The lowest BCUT2D eigenvalue weighted by molar-refractivity contribution is 0.588. The van der Waals surface area contributed by atoms with Gasteiger partial charge in [0.25, 0.3) is 0 Å². The molecule has 0 radical (unpaired) electrons. The molecule has 1 aliphatic heterocycles. The lowest BCUT2D eigenvalue weighted by atomic mass is 10.0. The summed E-state index contributed by atoms with van der Waals surface area (Å²) in [5, 5.41) is 0. The van der Waals surface area contributed by atoms with Gasteiger partial charge in [-0.2, -0.15) is 0 Å². The Morgan fingerprint density at radius 2 is 1.48 bits per heavy atom. The lowest BCUT2D eigenvalue weighted by Gasteiger charge is -2.19. The van der Waals surface area contributed by atoms with Gasteiger partial charge in [0.2, 0.25) is 10.0 Å². The van der Waals surface area contributed by atoms with Gasteiger partial charge >= 0.3 is 0 Å². The van der Waals surface area contributed by atoms with Gasteiger partial charge in [-0.05, 0) is 22.8 Å². The summed E-state index contributed by atoms with van der Waals surface area (Å²) in [4.78, 5) is 0. The molecule has 23 heavy (non-hydrogen) atoms. The van der Waals surface area contributed by atoms with Gasteiger partial charge in [0, 0.05) is 18.3 Å². The van der Waals surface area contributed by atoms with E-state index in [1.165, 1.54) is 5.56 Å². The molecule has 0 fully saturated rings. The summed E-state index contributed by atoms with van der Waals surface area (Å²) >= 11 is 0. The molecule has 1 N–H and O–H groups in total. The largest absolute Gasteiger partial charge is 0.332 e. The highest BCUT2D eigenvalue weighted by Gasteiger charge is 2.22. The van der Waals surface area contributed by atoms with E-state index in [-0.39, 0.29) is 5.75 Å². The van der Waals surface area contributed by atoms with E-state index in [0.717, 1.165) is 16.7 Å². The van der Waals surface area contributed by atoms with Crippen LogP contribution in [0.5, 0.6) is 0 Å². The molecular weight excluding hydrogens is 308 g/mol. The van der Waals surface area contributed by atoms with Crippen LogP contribution in [0.15, 0.2) is 66.9 Å². The minimum Gasteiger partial charge on any atom is -0.332 e. The third-order valence-corrected chi connectivity index (χ3v) is 5.34. The summed E-state index contributed by atoms with van der Waals surface area (Å²) < 4.78 is 28.2. The normalized spacial score (nSPS) is 15.7. The van der Waals surface area contributed by atoms with Gasteiger partial charge < -0.3 is 4.57 Å². The molecule has 116 valence electrons. The molecule has 0 amide bonds. The molecule has 0 atom stereocenters. The van der Waals surface area contributed by atoms with Crippen molar-refractivity contribution < 1.29 is 8.42 Å². The van der Waals surface area contributed by atoms with Gasteiger partial charge in [0.05, 0.1) is 5.75 Å². The summed E-state index contributed by atoms with van der Waals surface area (Å²) in [5.41, 5.74) is 4.22. The van der Waals surface area contributed by atoms with Crippen molar-refractivity contribution >= 4 is 15.8 Å². The van der Waals surface area contributed by atoms with Crippen molar-refractivity contribution in [3.8, 4) is 22.3 Å². The van der Waals surface area contributed by atoms with Crippen molar-refractivity contribution in [2.45, 2.75) is 6.54 Å². The number of aromatic nitrogens is 1. The summed E-state index contributed by atoms with van der Waals surface area (Å²) in [6, 6.07) is 20.3. The van der Waals surface area contributed by atoms with Crippen molar-refractivity contribution in [1.82, 2.24) is 4.57 Å². The van der Waals surface area contributed by atoms with E-state index >= 15 is 0 Å². The minimum absolute atomic E-state index is 0.126. The third-order valence-electron chi connectivity index (χ3n) is 4.12. The first kappa shape index (κ1) is 14.1. The molecule has 0 saturated heterocycles. The Hall–Kier alpha value is -2.53. The first-order valence-electron chi connectivity index (χ1n) is 7.48. The highest BCUT2D eigenvalue weighted by Crippen LogP contribution is 2.33. The summed E-state index contributed by atoms with van der Waals surface area (Å²) in [6.07, 6.45) is 1.93. The van der Waals surface area contributed by atoms with Crippen LogP contribution in [0.4, 0.5) is 5.82 Å². The van der Waals surface area contributed by atoms with Crippen molar-refractivity contribution in [3.63, 3.8) is 0 Å². The predicted octanol–water partition coefficient (Wildman–Crippen LogP) is 3.58. The molecule has 3 aromatic rings. The van der Waals surface area contributed by atoms with E-state index in [1.807, 2.05) is 47.2 Å². The number of sulfonamides is 1. The quantitative estimate of drug-likeness (QED) is 0.783. The molecule has 0 saturated carbocycles. The number of nitrogens with one attached hydrogen (secondary N) is 1. The second-order valence-electron chi connectivity index (χ2n) is 5.64. The first-order chi connectivity index (χ1) is 11.1.